The van der Waals surface area contributed by atoms with Gasteiger partial charge in [0.1, 0.15) is 11.9 Å². The second-order valence-corrected chi connectivity index (χ2v) is 6.75. The van der Waals surface area contributed by atoms with Gasteiger partial charge in [-0.1, -0.05) is 12.1 Å². The lowest BCUT2D eigenvalue weighted by Gasteiger charge is -2.38. The molecule has 1 unspecified atom stereocenters. The maximum Gasteiger partial charge on any atom is 0.417 e. The standard InChI is InChI=1S/C20H20F3N5O/c1-14(19(29)26-17-5-3-2-4-15(17)12-24)27-8-10-28(11-9-27)18-7-6-16(13-25-18)20(21,22)23/h2-7,13-14H,8-11H2,1H3,(H,26,29). The van der Waals surface area contributed by atoms with Crippen molar-refractivity contribution in [2.24, 2.45) is 0 Å². The van der Waals surface area contributed by atoms with Gasteiger partial charge >= 0.3 is 6.18 Å². The molecule has 2 heterocycles. The minimum atomic E-state index is -4.41. The van der Waals surface area contributed by atoms with Crippen LogP contribution in [0.3, 0.4) is 0 Å². The van der Waals surface area contributed by atoms with Gasteiger partial charge in [0, 0.05) is 32.4 Å². The maximum absolute atomic E-state index is 12.7. The van der Waals surface area contributed by atoms with Crippen molar-refractivity contribution in [1.82, 2.24) is 9.88 Å². The molecule has 1 N–H and O–H groups in total. The summed E-state index contributed by atoms with van der Waals surface area (Å²) >= 11 is 0. The van der Waals surface area contributed by atoms with Crippen LogP contribution in [0.25, 0.3) is 0 Å². The Balaban J connectivity index is 1.57. The molecular formula is C20H20F3N5O. The van der Waals surface area contributed by atoms with Crippen LogP contribution in [0.2, 0.25) is 0 Å². The predicted molar refractivity (Wildman–Crippen MR) is 102 cm³/mol. The fraction of sp³-hybridized carbons (Fsp3) is 0.350. The monoisotopic (exact) mass is 403 g/mol. The van der Waals surface area contributed by atoms with Crippen molar-refractivity contribution in [3.05, 3.63) is 53.7 Å². The largest absolute Gasteiger partial charge is 0.417 e. The maximum atomic E-state index is 12.7. The van der Waals surface area contributed by atoms with Crippen molar-refractivity contribution >= 4 is 17.4 Å². The van der Waals surface area contributed by atoms with Crippen molar-refractivity contribution in [2.75, 3.05) is 36.4 Å². The smallest absolute Gasteiger partial charge is 0.354 e. The number of carbonyl (C=O) groups excluding carboxylic acids is 1. The molecule has 1 aromatic heterocycles. The summed E-state index contributed by atoms with van der Waals surface area (Å²) in [6.45, 7) is 4.01. The normalized spacial score (nSPS) is 16.2. The van der Waals surface area contributed by atoms with E-state index in [4.69, 9.17) is 5.26 Å². The van der Waals surface area contributed by atoms with E-state index in [1.54, 1.807) is 31.2 Å². The Morgan fingerprint density at radius 3 is 2.45 bits per heavy atom. The molecule has 0 aliphatic carbocycles. The van der Waals surface area contributed by atoms with Gasteiger partial charge in [0.25, 0.3) is 0 Å². The lowest BCUT2D eigenvalue weighted by atomic mass is 10.1. The van der Waals surface area contributed by atoms with Crippen LogP contribution in [0, 0.1) is 11.3 Å². The van der Waals surface area contributed by atoms with Crippen LogP contribution in [0.15, 0.2) is 42.6 Å². The molecule has 0 bridgehead atoms. The van der Waals surface area contributed by atoms with E-state index < -0.39 is 17.8 Å². The second-order valence-electron chi connectivity index (χ2n) is 6.75. The van der Waals surface area contributed by atoms with Gasteiger partial charge in [0.2, 0.25) is 5.91 Å². The fourth-order valence-electron chi connectivity index (χ4n) is 3.17. The summed E-state index contributed by atoms with van der Waals surface area (Å²) in [7, 11) is 0. The Hall–Kier alpha value is -3.12. The first-order valence-corrected chi connectivity index (χ1v) is 9.12. The number of hydrogen-bond acceptors (Lipinski definition) is 5. The number of nitrogens with zero attached hydrogens (tertiary/aromatic N) is 4. The first-order chi connectivity index (χ1) is 13.8. The van der Waals surface area contributed by atoms with Crippen molar-refractivity contribution in [1.29, 1.82) is 5.26 Å². The third kappa shape index (κ3) is 4.84. The molecule has 1 fully saturated rings. The van der Waals surface area contributed by atoms with Gasteiger partial charge in [-0.05, 0) is 31.2 Å². The number of nitriles is 1. The van der Waals surface area contributed by atoms with Crippen LogP contribution < -0.4 is 10.2 Å². The van der Waals surface area contributed by atoms with Crippen LogP contribution >= 0.6 is 0 Å². The molecule has 9 heteroatoms. The lowest BCUT2D eigenvalue weighted by molar-refractivity contribution is -0.137. The summed E-state index contributed by atoms with van der Waals surface area (Å²) in [6.07, 6.45) is -3.57. The quantitative estimate of drug-likeness (QED) is 0.849. The summed E-state index contributed by atoms with van der Waals surface area (Å²) in [5.74, 6) is 0.270. The average Bonchev–Trinajstić information content (AvgIpc) is 2.73. The second kappa shape index (κ2) is 8.49. The van der Waals surface area contributed by atoms with Crippen molar-refractivity contribution in [2.45, 2.75) is 19.1 Å². The molecule has 1 saturated heterocycles. The Bertz CT molecular complexity index is 900. The van der Waals surface area contributed by atoms with Crippen molar-refractivity contribution < 1.29 is 18.0 Å². The number of benzene rings is 1. The van der Waals surface area contributed by atoms with Crippen LogP contribution in [0.1, 0.15) is 18.1 Å². The number of pyridine rings is 1. The molecule has 2 aromatic rings. The lowest BCUT2D eigenvalue weighted by Crippen LogP contribution is -2.53. The minimum Gasteiger partial charge on any atom is -0.354 e. The van der Waals surface area contributed by atoms with E-state index in [1.165, 1.54) is 6.07 Å². The molecule has 0 spiro atoms. The molecule has 0 radical (unpaired) electrons. The van der Waals surface area contributed by atoms with Gasteiger partial charge in [-0.25, -0.2) is 4.98 Å². The van der Waals surface area contributed by atoms with Gasteiger partial charge in [0.05, 0.1) is 22.9 Å². The van der Waals surface area contributed by atoms with Gasteiger partial charge in [-0.15, -0.1) is 0 Å². The van der Waals surface area contributed by atoms with Gasteiger partial charge in [-0.3, -0.25) is 9.69 Å². The summed E-state index contributed by atoms with van der Waals surface area (Å²) in [5, 5.41) is 11.9. The molecule has 152 valence electrons. The summed E-state index contributed by atoms with van der Waals surface area (Å²) in [4.78, 5) is 20.4. The Morgan fingerprint density at radius 1 is 1.17 bits per heavy atom. The molecule has 1 aromatic carbocycles. The first kappa shape index (κ1) is 20.6. The average molecular weight is 403 g/mol. The van der Waals surface area contributed by atoms with E-state index in [0.717, 1.165) is 12.3 Å². The van der Waals surface area contributed by atoms with E-state index in [0.29, 0.717) is 43.2 Å². The van der Waals surface area contributed by atoms with Crippen molar-refractivity contribution in [3.63, 3.8) is 0 Å². The highest BCUT2D eigenvalue weighted by Gasteiger charge is 2.31. The number of rotatable bonds is 4. The highest BCUT2D eigenvalue weighted by atomic mass is 19.4. The van der Waals surface area contributed by atoms with Crippen LogP contribution in [0.4, 0.5) is 24.7 Å². The Kier molecular flexibility index (Phi) is 6.03. The minimum absolute atomic E-state index is 0.214. The fourth-order valence-corrected chi connectivity index (χ4v) is 3.17. The summed E-state index contributed by atoms with van der Waals surface area (Å²) < 4.78 is 38.0. The number of aromatic nitrogens is 1. The number of carbonyl (C=O) groups is 1. The first-order valence-electron chi connectivity index (χ1n) is 9.12. The molecule has 29 heavy (non-hydrogen) atoms. The molecule has 1 atom stereocenters. The zero-order valence-electron chi connectivity index (χ0n) is 15.8. The third-order valence-corrected chi connectivity index (χ3v) is 4.95. The molecule has 0 saturated carbocycles. The zero-order valence-corrected chi connectivity index (χ0v) is 15.8. The molecule has 3 rings (SSSR count). The van der Waals surface area contributed by atoms with Crippen LogP contribution in [0.5, 0.6) is 0 Å². The predicted octanol–water partition coefficient (Wildman–Crippen LogP) is 3.12. The Labute approximate surface area is 166 Å². The van der Waals surface area contributed by atoms with E-state index in [1.807, 2.05) is 15.9 Å². The van der Waals surface area contributed by atoms with Gasteiger partial charge in [0.15, 0.2) is 0 Å². The molecule has 1 aliphatic rings. The SMILES string of the molecule is CC(C(=O)Nc1ccccc1C#N)N1CCN(c2ccc(C(F)(F)F)cn2)CC1. The molecule has 6 nitrogen and oxygen atoms in total. The van der Waals surface area contributed by atoms with E-state index in [2.05, 4.69) is 10.3 Å². The highest BCUT2D eigenvalue weighted by Crippen LogP contribution is 2.29. The molecular weight excluding hydrogens is 383 g/mol. The number of piperazine rings is 1. The van der Waals surface area contributed by atoms with E-state index in [-0.39, 0.29) is 5.91 Å². The van der Waals surface area contributed by atoms with Crippen LogP contribution in [-0.4, -0.2) is 48.0 Å². The van der Waals surface area contributed by atoms with Gasteiger partial charge < -0.3 is 10.2 Å². The van der Waals surface area contributed by atoms with Crippen LogP contribution in [-0.2, 0) is 11.0 Å². The summed E-state index contributed by atoms with van der Waals surface area (Å²) in [6, 6.07) is 10.8. The summed E-state index contributed by atoms with van der Waals surface area (Å²) in [5.41, 5.74) is 0.0912. The molecule has 1 aliphatic heterocycles. The number of halogens is 3. The van der Waals surface area contributed by atoms with E-state index >= 15 is 0 Å². The number of alkyl halides is 3. The van der Waals surface area contributed by atoms with Crippen molar-refractivity contribution in [3.8, 4) is 6.07 Å². The molecule has 1 amide bonds. The number of amides is 1. The zero-order chi connectivity index (χ0) is 21.0. The van der Waals surface area contributed by atoms with E-state index in [9.17, 15) is 18.0 Å². The number of para-hydroxylation sites is 1. The topological polar surface area (TPSA) is 72.3 Å². The number of hydrogen-bond donors (Lipinski definition) is 1. The number of anilines is 2. The Morgan fingerprint density at radius 2 is 1.86 bits per heavy atom. The highest BCUT2D eigenvalue weighted by molar-refractivity contribution is 5.95. The number of nitrogens with one attached hydrogen (secondary N) is 1. The third-order valence-electron chi connectivity index (χ3n) is 4.95. The van der Waals surface area contributed by atoms with Gasteiger partial charge in [-0.2, -0.15) is 18.4 Å².